The van der Waals surface area contributed by atoms with Crippen molar-refractivity contribution < 1.29 is 0 Å². The lowest BCUT2D eigenvalue weighted by atomic mass is 9.61. The molecule has 0 spiro atoms. The first kappa shape index (κ1) is 17.6. The van der Waals surface area contributed by atoms with Gasteiger partial charge in [0.1, 0.15) is 5.82 Å². The van der Waals surface area contributed by atoms with E-state index in [1.54, 1.807) is 0 Å². The zero-order valence-electron chi connectivity index (χ0n) is 16.7. The van der Waals surface area contributed by atoms with Crippen molar-refractivity contribution in [3.05, 3.63) is 108 Å². The quantitative estimate of drug-likeness (QED) is 0.448. The Morgan fingerprint density at radius 3 is 1.90 bits per heavy atom. The van der Waals surface area contributed by atoms with Gasteiger partial charge in [-0.15, -0.1) is 0 Å². The van der Waals surface area contributed by atoms with E-state index in [4.69, 9.17) is 4.98 Å². The smallest absolute Gasteiger partial charge is 0.360 e. The van der Waals surface area contributed by atoms with Gasteiger partial charge in [0, 0.05) is 11.9 Å². The molecule has 5 rings (SSSR count). The molecular weight excluding hydrogens is 353 g/mol. The van der Waals surface area contributed by atoms with E-state index < -0.39 is 0 Å². The first-order valence-electron chi connectivity index (χ1n) is 9.95. The molecule has 0 amide bonds. The Hall–Kier alpha value is -3.53. The minimum atomic E-state index is -0.00843. The van der Waals surface area contributed by atoms with Crippen molar-refractivity contribution in [2.75, 3.05) is 9.62 Å². The molecule has 4 aromatic rings. The molecule has 140 valence electrons. The molecule has 0 aliphatic carbocycles. The molecule has 1 aromatic heterocycles. The van der Waals surface area contributed by atoms with Gasteiger partial charge in [-0.3, -0.25) is 0 Å². The molecule has 2 heterocycles. The number of aryl methyl sites for hydroxylation is 2. The second-order valence-electron chi connectivity index (χ2n) is 7.43. The molecule has 4 heteroatoms. The third-order valence-corrected chi connectivity index (χ3v) is 5.62. The summed E-state index contributed by atoms with van der Waals surface area (Å²) in [4.78, 5) is 9.51. The molecule has 1 aliphatic rings. The molecule has 0 saturated heterocycles. The van der Waals surface area contributed by atoms with Gasteiger partial charge in [0.15, 0.2) is 0 Å². The van der Waals surface area contributed by atoms with E-state index >= 15 is 0 Å². The molecule has 3 aromatic carbocycles. The van der Waals surface area contributed by atoms with Crippen molar-refractivity contribution in [2.24, 2.45) is 0 Å². The second kappa shape index (κ2) is 7.14. The van der Waals surface area contributed by atoms with Crippen LogP contribution in [0.5, 0.6) is 0 Å². The van der Waals surface area contributed by atoms with Crippen molar-refractivity contribution in [1.82, 2.24) is 4.98 Å². The van der Waals surface area contributed by atoms with Gasteiger partial charge in [-0.2, -0.15) is 0 Å². The van der Waals surface area contributed by atoms with Crippen LogP contribution in [0.25, 0.3) is 0 Å². The largest absolute Gasteiger partial charge is 0.422 e. The Balaban J connectivity index is 1.82. The number of benzene rings is 3. The number of fused-ring (bicyclic) bond motifs is 1. The summed E-state index contributed by atoms with van der Waals surface area (Å²) < 4.78 is 0. The molecule has 29 heavy (non-hydrogen) atoms. The summed E-state index contributed by atoms with van der Waals surface area (Å²) in [5.41, 5.74) is 7.42. The Morgan fingerprint density at radius 2 is 1.24 bits per heavy atom. The van der Waals surface area contributed by atoms with Crippen molar-refractivity contribution in [3.63, 3.8) is 0 Å². The van der Waals surface area contributed by atoms with Crippen LogP contribution in [0.3, 0.4) is 0 Å². The molecule has 0 N–H and O–H groups in total. The van der Waals surface area contributed by atoms with Crippen LogP contribution >= 0.6 is 0 Å². The zero-order valence-corrected chi connectivity index (χ0v) is 16.7. The maximum absolute atomic E-state index is 4.72. The average Bonchev–Trinajstić information content (AvgIpc) is 3.09. The average molecular weight is 375 g/mol. The van der Waals surface area contributed by atoms with Crippen LogP contribution < -0.4 is 15.1 Å². The van der Waals surface area contributed by atoms with E-state index in [9.17, 15) is 0 Å². The first-order chi connectivity index (χ1) is 14.3. The Bertz CT molecular complexity index is 1060. The summed E-state index contributed by atoms with van der Waals surface area (Å²) in [6.45, 7) is 4.39. The second-order valence-corrected chi connectivity index (χ2v) is 7.43. The van der Waals surface area contributed by atoms with Crippen molar-refractivity contribution in [1.29, 1.82) is 0 Å². The van der Waals surface area contributed by atoms with Gasteiger partial charge in [-0.25, -0.2) is 4.98 Å². The SMILES string of the molecule is Cc1cccc(C)c1B1N(c2ccccc2)c2ccccc2N1c1ccccn1. The van der Waals surface area contributed by atoms with Gasteiger partial charge in [-0.1, -0.05) is 65.7 Å². The topological polar surface area (TPSA) is 19.4 Å². The fourth-order valence-corrected chi connectivity index (χ4v) is 4.36. The van der Waals surface area contributed by atoms with Gasteiger partial charge in [0.25, 0.3) is 0 Å². The highest BCUT2D eigenvalue weighted by atomic mass is 15.3. The van der Waals surface area contributed by atoms with Crippen LogP contribution in [-0.2, 0) is 0 Å². The van der Waals surface area contributed by atoms with E-state index in [1.807, 2.05) is 12.3 Å². The number of para-hydroxylation sites is 3. The van der Waals surface area contributed by atoms with Crippen LogP contribution in [0.15, 0.2) is 97.2 Å². The lowest BCUT2D eigenvalue weighted by molar-refractivity contribution is 1.24. The van der Waals surface area contributed by atoms with Crippen molar-refractivity contribution in [3.8, 4) is 0 Å². The maximum atomic E-state index is 4.72. The molecule has 0 bridgehead atoms. The maximum Gasteiger partial charge on any atom is 0.422 e. The van der Waals surface area contributed by atoms with E-state index in [1.165, 1.54) is 33.7 Å². The lowest BCUT2D eigenvalue weighted by Gasteiger charge is -2.31. The van der Waals surface area contributed by atoms with Gasteiger partial charge in [0.05, 0.1) is 11.4 Å². The van der Waals surface area contributed by atoms with E-state index in [0.29, 0.717) is 0 Å². The fraction of sp³-hybridized carbons (Fsp3) is 0.0800. The number of hydrogen-bond donors (Lipinski definition) is 0. The number of nitrogens with zero attached hydrogens (tertiary/aromatic N) is 3. The van der Waals surface area contributed by atoms with E-state index in [2.05, 4.69) is 108 Å². The number of anilines is 4. The zero-order chi connectivity index (χ0) is 19.8. The molecule has 0 unspecified atom stereocenters. The van der Waals surface area contributed by atoms with Gasteiger partial charge < -0.3 is 9.62 Å². The summed E-state index contributed by atoms with van der Waals surface area (Å²) >= 11 is 0. The summed E-state index contributed by atoms with van der Waals surface area (Å²) in [5.74, 6) is 0.950. The van der Waals surface area contributed by atoms with Crippen LogP contribution in [0.1, 0.15) is 11.1 Å². The minimum absolute atomic E-state index is 0.00843. The van der Waals surface area contributed by atoms with Gasteiger partial charge in [0.2, 0.25) is 0 Å². The first-order valence-corrected chi connectivity index (χ1v) is 9.95. The predicted octanol–water partition coefficient (Wildman–Crippen LogP) is 5.38. The molecule has 0 fully saturated rings. The van der Waals surface area contributed by atoms with E-state index in [-0.39, 0.29) is 6.98 Å². The van der Waals surface area contributed by atoms with Crippen LogP contribution in [0, 0.1) is 13.8 Å². The summed E-state index contributed by atoms with van der Waals surface area (Å²) in [7, 11) is 0. The number of pyridine rings is 1. The van der Waals surface area contributed by atoms with Crippen LogP contribution in [0.2, 0.25) is 0 Å². The third-order valence-electron chi connectivity index (χ3n) is 5.62. The Kier molecular flexibility index (Phi) is 4.32. The summed E-state index contributed by atoms with van der Waals surface area (Å²) in [6.07, 6.45) is 1.87. The number of aromatic nitrogens is 1. The predicted molar refractivity (Wildman–Crippen MR) is 123 cm³/mol. The molecule has 0 radical (unpaired) electrons. The van der Waals surface area contributed by atoms with Crippen molar-refractivity contribution >= 4 is 35.3 Å². The Morgan fingerprint density at radius 1 is 0.621 bits per heavy atom. The third kappa shape index (κ3) is 2.88. The van der Waals surface area contributed by atoms with Crippen LogP contribution in [-0.4, -0.2) is 12.0 Å². The monoisotopic (exact) mass is 375 g/mol. The molecule has 0 atom stereocenters. The number of rotatable bonds is 3. The lowest BCUT2D eigenvalue weighted by Crippen LogP contribution is -2.55. The van der Waals surface area contributed by atoms with Gasteiger partial charge in [-0.05, 0) is 55.7 Å². The Labute approximate surface area is 172 Å². The minimum Gasteiger partial charge on any atom is -0.360 e. The fourth-order valence-electron chi connectivity index (χ4n) is 4.36. The molecule has 3 nitrogen and oxygen atoms in total. The highest BCUT2D eigenvalue weighted by molar-refractivity contribution is 6.85. The van der Waals surface area contributed by atoms with Gasteiger partial charge >= 0.3 is 6.98 Å². The highest BCUT2D eigenvalue weighted by Crippen LogP contribution is 2.45. The summed E-state index contributed by atoms with van der Waals surface area (Å²) in [6, 6.07) is 31.9. The van der Waals surface area contributed by atoms with Crippen molar-refractivity contribution in [2.45, 2.75) is 13.8 Å². The standard InChI is InChI=1S/C25H22BN3/c1-19-11-10-12-20(2)25(19)26-28(21-13-4-3-5-14-21)22-15-6-7-16-23(22)29(26)24-17-8-9-18-27-24/h3-18H,1-2H3. The molecular formula is C25H22BN3. The molecule has 1 aliphatic heterocycles. The number of hydrogen-bond acceptors (Lipinski definition) is 3. The highest BCUT2D eigenvalue weighted by Gasteiger charge is 2.45. The summed E-state index contributed by atoms with van der Waals surface area (Å²) in [5, 5.41) is 0. The van der Waals surface area contributed by atoms with E-state index in [0.717, 1.165) is 5.82 Å². The normalized spacial score (nSPS) is 13.0. The van der Waals surface area contributed by atoms with Crippen LogP contribution in [0.4, 0.5) is 22.9 Å². The molecule has 0 saturated carbocycles.